The second kappa shape index (κ2) is 11.2. The summed E-state index contributed by atoms with van der Waals surface area (Å²) in [5.74, 6) is -0.878. The fourth-order valence-electron chi connectivity index (χ4n) is 3.43. The molecule has 0 bridgehead atoms. The number of primary amides is 1. The molecule has 8 heteroatoms. The minimum atomic E-state index is -0.915. The summed E-state index contributed by atoms with van der Waals surface area (Å²) in [6, 6.07) is 12.7. The largest absolute Gasteiger partial charge is 0.508 e. The molecule has 0 atom stereocenters. The number of rotatable bonds is 11. The number of amides is 1. The highest BCUT2D eigenvalue weighted by molar-refractivity contribution is 5.75. The lowest BCUT2D eigenvalue weighted by molar-refractivity contribution is -0.154. The van der Waals surface area contributed by atoms with Crippen molar-refractivity contribution >= 4 is 17.8 Å². The van der Waals surface area contributed by atoms with E-state index in [4.69, 9.17) is 19.9 Å². The molecule has 0 radical (unpaired) electrons. The Morgan fingerprint density at radius 1 is 0.969 bits per heavy atom. The molecule has 0 saturated carbocycles. The molecule has 0 heterocycles. The average molecular weight is 443 g/mol. The second-order valence-corrected chi connectivity index (χ2v) is 7.79. The fourth-order valence-corrected chi connectivity index (χ4v) is 3.43. The van der Waals surface area contributed by atoms with Crippen molar-refractivity contribution in [2.45, 2.75) is 33.1 Å². The van der Waals surface area contributed by atoms with Gasteiger partial charge in [0, 0.05) is 37.3 Å². The molecule has 0 fully saturated rings. The summed E-state index contributed by atoms with van der Waals surface area (Å²) in [5.41, 5.74) is 7.24. The van der Waals surface area contributed by atoms with Crippen LogP contribution in [-0.4, -0.2) is 43.3 Å². The summed E-state index contributed by atoms with van der Waals surface area (Å²) >= 11 is 0. The summed E-state index contributed by atoms with van der Waals surface area (Å²) in [6.45, 7) is 2.39. The van der Waals surface area contributed by atoms with Crippen LogP contribution in [0.2, 0.25) is 0 Å². The number of carbonyl (C=O) groups is 3. The van der Waals surface area contributed by atoms with Crippen LogP contribution in [0.15, 0.2) is 42.5 Å². The van der Waals surface area contributed by atoms with Crippen molar-refractivity contribution < 1.29 is 33.7 Å². The van der Waals surface area contributed by atoms with Gasteiger partial charge in [0.15, 0.2) is 0 Å². The van der Waals surface area contributed by atoms with Crippen molar-refractivity contribution in [2.24, 2.45) is 11.1 Å². The first-order valence-corrected chi connectivity index (χ1v) is 10.2. The maximum Gasteiger partial charge on any atom is 0.302 e. The van der Waals surface area contributed by atoms with E-state index in [9.17, 15) is 19.5 Å². The lowest BCUT2D eigenvalue weighted by Gasteiger charge is -2.31. The molecule has 2 aromatic rings. The standard InChI is InChI=1S/C24H29NO7/c1-16(26)31-14-24(13-23(25)29,15-32-17(2)27)11-10-18-4-6-19(7-5-18)21-9-8-20(28)12-22(21)30-3/h4-9,12,28H,10-11,13-15H2,1-3H3,(H2,25,29). The van der Waals surface area contributed by atoms with E-state index in [0.717, 1.165) is 16.7 Å². The molecule has 172 valence electrons. The van der Waals surface area contributed by atoms with Crippen molar-refractivity contribution in [3.05, 3.63) is 48.0 Å². The molecule has 0 aliphatic heterocycles. The number of hydrogen-bond acceptors (Lipinski definition) is 7. The second-order valence-electron chi connectivity index (χ2n) is 7.79. The highest BCUT2D eigenvalue weighted by atomic mass is 16.5. The monoisotopic (exact) mass is 443 g/mol. The highest BCUT2D eigenvalue weighted by Gasteiger charge is 2.35. The molecular weight excluding hydrogens is 414 g/mol. The number of nitrogens with two attached hydrogens (primary N) is 1. The maximum absolute atomic E-state index is 11.7. The van der Waals surface area contributed by atoms with Gasteiger partial charge in [0.1, 0.15) is 24.7 Å². The van der Waals surface area contributed by atoms with Crippen LogP contribution in [0.1, 0.15) is 32.3 Å². The summed E-state index contributed by atoms with van der Waals surface area (Å²) in [5, 5.41) is 9.65. The molecule has 1 amide bonds. The number of hydrogen-bond donors (Lipinski definition) is 2. The van der Waals surface area contributed by atoms with Crippen molar-refractivity contribution in [1.29, 1.82) is 0 Å². The van der Waals surface area contributed by atoms with E-state index < -0.39 is 23.3 Å². The Kier molecular flexibility index (Phi) is 8.63. The van der Waals surface area contributed by atoms with Crippen LogP contribution in [0.4, 0.5) is 0 Å². The number of phenolic OH excluding ortho intramolecular Hbond substituents is 1. The number of aromatic hydroxyl groups is 1. The number of aryl methyl sites for hydroxylation is 1. The van der Waals surface area contributed by atoms with Crippen molar-refractivity contribution in [2.75, 3.05) is 20.3 Å². The van der Waals surface area contributed by atoms with Crippen LogP contribution in [0.5, 0.6) is 11.5 Å². The Morgan fingerprint density at radius 2 is 1.56 bits per heavy atom. The van der Waals surface area contributed by atoms with Crippen LogP contribution in [-0.2, 0) is 30.3 Å². The molecule has 0 aliphatic carbocycles. The van der Waals surface area contributed by atoms with Crippen molar-refractivity contribution in [1.82, 2.24) is 0 Å². The van der Waals surface area contributed by atoms with Gasteiger partial charge in [-0.1, -0.05) is 24.3 Å². The van der Waals surface area contributed by atoms with Gasteiger partial charge < -0.3 is 25.1 Å². The third-order valence-corrected chi connectivity index (χ3v) is 5.11. The average Bonchev–Trinajstić information content (AvgIpc) is 2.74. The first-order chi connectivity index (χ1) is 15.1. The van der Waals surface area contributed by atoms with Crippen LogP contribution in [0, 0.1) is 5.41 Å². The normalized spacial score (nSPS) is 11.0. The molecule has 0 saturated heterocycles. The minimum absolute atomic E-state index is 0.0820. The molecule has 0 spiro atoms. The fraction of sp³-hybridized carbons (Fsp3) is 0.375. The third-order valence-electron chi connectivity index (χ3n) is 5.11. The summed E-state index contributed by atoms with van der Waals surface area (Å²) in [4.78, 5) is 34.4. The first-order valence-electron chi connectivity index (χ1n) is 10.2. The van der Waals surface area contributed by atoms with Gasteiger partial charge in [-0.3, -0.25) is 14.4 Å². The van der Waals surface area contributed by atoms with E-state index in [1.807, 2.05) is 24.3 Å². The SMILES string of the molecule is COc1cc(O)ccc1-c1ccc(CCC(COC(C)=O)(COC(C)=O)CC(N)=O)cc1. The van der Waals surface area contributed by atoms with Gasteiger partial charge in [-0.05, 0) is 36.1 Å². The topological polar surface area (TPSA) is 125 Å². The van der Waals surface area contributed by atoms with E-state index in [1.54, 1.807) is 18.2 Å². The van der Waals surface area contributed by atoms with Gasteiger partial charge in [0.25, 0.3) is 0 Å². The van der Waals surface area contributed by atoms with Crippen LogP contribution in [0.25, 0.3) is 11.1 Å². The Balaban J connectivity index is 2.21. The highest BCUT2D eigenvalue weighted by Crippen LogP contribution is 2.34. The molecule has 8 nitrogen and oxygen atoms in total. The van der Waals surface area contributed by atoms with Gasteiger partial charge in [-0.25, -0.2) is 0 Å². The molecule has 3 N–H and O–H groups in total. The Labute approximate surface area is 187 Å². The molecule has 32 heavy (non-hydrogen) atoms. The van der Waals surface area contributed by atoms with Crippen LogP contribution in [0.3, 0.4) is 0 Å². The lowest BCUT2D eigenvalue weighted by Crippen LogP contribution is -2.38. The van der Waals surface area contributed by atoms with E-state index in [1.165, 1.54) is 21.0 Å². The molecule has 2 aromatic carbocycles. The van der Waals surface area contributed by atoms with Crippen molar-refractivity contribution in [3.63, 3.8) is 0 Å². The van der Waals surface area contributed by atoms with E-state index in [0.29, 0.717) is 18.6 Å². The molecule has 0 aromatic heterocycles. The van der Waals surface area contributed by atoms with Gasteiger partial charge >= 0.3 is 11.9 Å². The van der Waals surface area contributed by atoms with E-state index >= 15 is 0 Å². The Hall–Kier alpha value is -3.55. The predicted octanol–water partition coefficient (Wildman–Crippen LogP) is 2.99. The summed E-state index contributed by atoms with van der Waals surface area (Å²) < 4.78 is 15.7. The third kappa shape index (κ3) is 7.30. The van der Waals surface area contributed by atoms with E-state index in [-0.39, 0.29) is 25.4 Å². The van der Waals surface area contributed by atoms with Gasteiger partial charge in [0.2, 0.25) is 5.91 Å². The van der Waals surface area contributed by atoms with E-state index in [2.05, 4.69) is 0 Å². The molecule has 0 unspecified atom stereocenters. The molecule has 0 aliphatic rings. The van der Waals surface area contributed by atoms with Crippen LogP contribution < -0.4 is 10.5 Å². The zero-order valence-electron chi connectivity index (χ0n) is 18.6. The van der Waals surface area contributed by atoms with Crippen LogP contribution >= 0.6 is 0 Å². The van der Waals surface area contributed by atoms with Crippen molar-refractivity contribution in [3.8, 4) is 22.6 Å². The molecular formula is C24H29NO7. The first kappa shape index (κ1) is 24.7. The number of phenols is 1. The minimum Gasteiger partial charge on any atom is -0.508 e. The lowest BCUT2D eigenvalue weighted by atomic mass is 9.80. The van der Waals surface area contributed by atoms with Gasteiger partial charge in [-0.15, -0.1) is 0 Å². The Bertz CT molecular complexity index is 935. The number of esters is 2. The number of carbonyl (C=O) groups excluding carboxylic acids is 3. The summed E-state index contributed by atoms with van der Waals surface area (Å²) in [6.07, 6.45) is 0.873. The number of benzene rings is 2. The smallest absolute Gasteiger partial charge is 0.302 e. The quantitative estimate of drug-likeness (QED) is 0.511. The van der Waals surface area contributed by atoms with Gasteiger partial charge in [-0.2, -0.15) is 0 Å². The Morgan fingerprint density at radius 3 is 2.06 bits per heavy atom. The number of methoxy groups -OCH3 is 1. The molecule has 2 rings (SSSR count). The summed E-state index contributed by atoms with van der Waals surface area (Å²) in [7, 11) is 1.54. The zero-order valence-corrected chi connectivity index (χ0v) is 18.6. The van der Waals surface area contributed by atoms with Gasteiger partial charge in [0.05, 0.1) is 7.11 Å². The predicted molar refractivity (Wildman–Crippen MR) is 118 cm³/mol. The maximum atomic E-state index is 11.7. The number of ether oxygens (including phenoxy) is 3. The zero-order chi connectivity index (χ0) is 23.7.